The van der Waals surface area contributed by atoms with Gasteiger partial charge in [-0.15, -0.1) is 0 Å². The minimum atomic E-state index is -3.56. The smallest absolute Gasteiger partial charge is 0.408 e. The van der Waals surface area contributed by atoms with Crippen LogP contribution in [0.5, 0.6) is 0 Å². The largest absolute Gasteiger partial charge is 0.420 e. The summed E-state index contributed by atoms with van der Waals surface area (Å²) < 4.78 is 33.5. The maximum Gasteiger partial charge on any atom is 0.420 e. The molecule has 1 aromatic heterocycles. The van der Waals surface area contributed by atoms with Crippen molar-refractivity contribution in [1.82, 2.24) is 8.87 Å². The number of rotatable bonds is 6. The first-order valence-corrected chi connectivity index (χ1v) is 11.3. The molecule has 30 heavy (non-hydrogen) atoms. The van der Waals surface area contributed by atoms with Gasteiger partial charge in [0.05, 0.1) is 10.4 Å². The third-order valence-corrected chi connectivity index (χ3v) is 7.50. The average Bonchev–Trinajstić information content (AvgIpc) is 3.29. The van der Waals surface area contributed by atoms with Gasteiger partial charge in [-0.05, 0) is 42.3 Å². The van der Waals surface area contributed by atoms with Crippen molar-refractivity contribution in [1.29, 1.82) is 0 Å². The lowest BCUT2D eigenvalue weighted by Crippen LogP contribution is -2.34. The Balaban J connectivity index is 1.61. The van der Waals surface area contributed by atoms with Crippen LogP contribution in [0.1, 0.15) is 19.4 Å². The fourth-order valence-corrected chi connectivity index (χ4v) is 5.40. The number of carbonyl (C=O) groups excluding carboxylic acids is 1. The first-order chi connectivity index (χ1) is 14.4. The highest BCUT2D eigenvalue weighted by atomic mass is 32.2. The molecule has 0 saturated heterocycles. The van der Waals surface area contributed by atoms with Gasteiger partial charge in [0.25, 0.3) is 0 Å². The Labute approximate surface area is 174 Å². The standard InChI is InChI=1S/C21H23N3O5S/c1-3-22(4-2)30(27,28)16-9-10-17-15(13-16)11-12-23(17)20(25)14-24-18-7-5-6-8-19(18)29-21(24)26/h5-10,13H,3-4,11-12,14H2,1-2H3. The van der Waals surface area contributed by atoms with Crippen LogP contribution in [0.2, 0.25) is 0 Å². The van der Waals surface area contributed by atoms with Gasteiger partial charge in [0, 0.05) is 25.3 Å². The van der Waals surface area contributed by atoms with E-state index in [4.69, 9.17) is 4.42 Å². The molecule has 0 radical (unpaired) electrons. The fourth-order valence-electron chi connectivity index (χ4n) is 3.89. The maximum absolute atomic E-state index is 13.0. The van der Waals surface area contributed by atoms with E-state index in [1.54, 1.807) is 55.1 Å². The zero-order chi connectivity index (χ0) is 21.5. The first-order valence-electron chi connectivity index (χ1n) is 9.88. The second kappa shape index (κ2) is 7.73. The van der Waals surface area contributed by atoms with E-state index in [0.29, 0.717) is 42.8 Å². The van der Waals surface area contributed by atoms with Crippen LogP contribution in [0.3, 0.4) is 0 Å². The van der Waals surface area contributed by atoms with Crippen molar-refractivity contribution >= 4 is 32.7 Å². The minimum Gasteiger partial charge on any atom is -0.408 e. The van der Waals surface area contributed by atoms with Crippen molar-refractivity contribution in [2.45, 2.75) is 31.7 Å². The zero-order valence-electron chi connectivity index (χ0n) is 16.9. The van der Waals surface area contributed by atoms with E-state index in [9.17, 15) is 18.0 Å². The lowest BCUT2D eigenvalue weighted by atomic mass is 10.2. The summed E-state index contributed by atoms with van der Waals surface area (Å²) in [5.74, 6) is -0.827. The van der Waals surface area contributed by atoms with Crippen molar-refractivity contribution in [3.05, 3.63) is 58.6 Å². The molecule has 0 N–H and O–H groups in total. The molecule has 0 aliphatic carbocycles. The molecule has 2 heterocycles. The van der Waals surface area contributed by atoms with Gasteiger partial charge in [-0.25, -0.2) is 13.2 Å². The highest BCUT2D eigenvalue weighted by Crippen LogP contribution is 2.31. The van der Waals surface area contributed by atoms with Crippen molar-refractivity contribution in [2.75, 3.05) is 24.5 Å². The Kier molecular flexibility index (Phi) is 5.25. The Morgan fingerprint density at radius 2 is 1.87 bits per heavy atom. The molecule has 4 rings (SSSR count). The van der Waals surface area contributed by atoms with E-state index in [2.05, 4.69) is 0 Å². The van der Waals surface area contributed by atoms with Crippen LogP contribution in [-0.4, -0.2) is 42.8 Å². The van der Waals surface area contributed by atoms with E-state index >= 15 is 0 Å². The average molecular weight is 429 g/mol. The van der Waals surface area contributed by atoms with Crippen LogP contribution < -0.4 is 10.7 Å². The highest BCUT2D eigenvalue weighted by Gasteiger charge is 2.29. The number of amides is 1. The SMILES string of the molecule is CCN(CC)S(=O)(=O)c1ccc2c(c1)CCN2C(=O)Cn1c(=O)oc2ccccc21. The number of para-hydroxylation sites is 2. The summed E-state index contributed by atoms with van der Waals surface area (Å²) in [6, 6.07) is 11.8. The van der Waals surface area contributed by atoms with Crippen molar-refractivity contribution < 1.29 is 17.6 Å². The molecule has 1 aliphatic heterocycles. The molecule has 0 spiro atoms. The third-order valence-electron chi connectivity index (χ3n) is 5.46. The van der Waals surface area contributed by atoms with E-state index in [1.165, 1.54) is 14.9 Å². The van der Waals surface area contributed by atoms with Crippen LogP contribution in [-0.2, 0) is 27.8 Å². The van der Waals surface area contributed by atoms with Crippen LogP contribution in [0, 0.1) is 0 Å². The van der Waals surface area contributed by atoms with Crippen molar-refractivity contribution in [2.24, 2.45) is 0 Å². The molecular weight excluding hydrogens is 406 g/mol. The molecule has 8 nitrogen and oxygen atoms in total. The van der Waals surface area contributed by atoms with Gasteiger partial charge in [0.2, 0.25) is 15.9 Å². The van der Waals surface area contributed by atoms with E-state index < -0.39 is 15.8 Å². The molecule has 0 unspecified atom stereocenters. The van der Waals surface area contributed by atoms with Gasteiger partial charge in [0.15, 0.2) is 5.58 Å². The Hall–Kier alpha value is -2.91. The number of carbonyl (C=O) groups is 1. The summed E-state index contributed by atoms with van der Waals surface area (Å²) >= 11 is 0. The highest BCUT2D eigenvalue weighted by molar-refractivity contribution is 7.89. The number of nitrogens with zero attached hydrogens (tertiary/aromatic N) is 3. The topological polar surface area (TPSA) is 92.8 Å². The number of sulfonamides is 1. The van der Waals surface area contributed by atoms with Crippen molar-refractivity contribution in [3.63, 3.8) is 0 Å². The monoisotopic (exact) mass is 429 g/mol. The van der Waals surface area contributed by atoms with Crippen LogP contribution in [0.15, 0.2) is 56.6 Å². The fraction of sp³-hybridized carbons (Fsp3) is 0.333. The third kappa shape index (κ3) is 3.33. The molecule has 158 valence electrons. The number of hydrogen-bond acceptors (Lipinski definition) is 5. The molecule has 0 saturated carbocycles. The summed E-state index contributed by atoms with van der Waals surface area (Å²) in [4.78, 5) is 26.9. The summed E-state index contributed by atoms with van der Waals surface area (Å²) in [6.07, 6.45) is 0.559. The second-order valence-corrected chi connectivity index (χ2v) is 9.03. The molecule has 1 aliphatic rings. The lowest BCUT2D eigenvalue weighted by Gasteiger charge is -2.20. The maximum atomic E-state index is 13.0. The molecule has 1 amide bonds. The van der Waals surface area contributed by atoms with E-state index in [1.807, 2.05) is 0 Å². The lowest BCUT2D eigenvalue weighted by molar-refractivity contribution is -0.119. The number of benzene rings is 2. The second-order valence-electron chi connectivity index (χ2n) is 7.10. The number of oxazole rings is 1. The summed E-state index contributed by atoms with van der Waals surface area (Å²) in [5, 5.41) is 0. The van der Waals surface area contributed by atoms with Crippen LogP contribution >= 0.6 is 0 Å². The van der Waals surface area contributed by atoms with Crippen molar-refractivity contribution in [3.8, 4) is 0 Å². The van der Waals surface area contributed by atoms with Gasteiger partial charge in [0.1, 0.15) is 6.54 Å². The predicted molar refractivity (Wildman–Crippen MR) is 113 cm³/mol. The van der Waals surface area contributed by atoms with Gasteiger partial charge >= 0.3 is 5.76 Å². The molecule has 9 heteroatoms. The Bertz CT molecular complexity index is 1270. The zero-order valence-corrected chi connectivity index (χ0v) is 17.7. The van der Waals surface area contributed by atoms with E-state index in [-0.39, 0.29) is 17.3 Å². The number of anilines is 1. The Morgan fingerprint density at radius 1 is 1.13 bits per heavy atom. The van der Waals surface area contributed by atoms with Gasteiger partial charge in [-0.2, -0.15) is 4.31 Å². The summed E-state index contributed by atoms with van der Waals surface area (Å²) in [6.45, 7) is 4.69. The molecule has 0 fully saturated rings. The van der Waals surface area contributed by atoms with E-state index in [0.717, 1.165) is 5.56 Å². The van der Waals surface area contributed by atoms with Gasteiger partial charge < -0.3 is 9.32 Å². The van der Waals surface area contributed by atoms with Crippen LogP contribution in [0.25, 0.3) is 11.1 Å². The van der Waals surface area contributed by atoms with Crippen LogP contribution in [0.4, 0.5) is 5.69 Å². The molecule has 0 bridgehead atoms. The normalized spacial score (nSPS) is 13.9. The predicted octanol–water partition coefficient (Wildman–Crippen LogP) is 2.21. The molecular formula is C21H23N3O5S. The molecule has 2 aromatic carbocycles. The summed E-state index contributed by atoms with van der Waals surface area (Å²) in [7, 11) is -3.56. The number of fused-ring (bicyclic) bond motifs is 2. The van der Waals surface area contributed by atoms with Gasteiger partial charge in [-0.1, -0.05) is 26.0 Å². The molecule has 0 atom stereocenters. The van der Waals surface area contributed by atoms with Gasteiger partial charge in [-0.3, -0.25) is 9.36 Å². The summed E-state index contributed by atoms with van der Waals surface area (Å²) in [5.41, 5.74) is 2.49. The first kappa shape index (κ1) is 20.4. The minimum absolute atomic E-state index is 0.144. The quantitative estimate of drug-likeness (QED) is 0.599. The Morgan fingerprint density at radius 3 is 2.60 bits per heavy atom. The number of aromatic nitrogens is 1. The molecule has 3 aromatic rings. The number of hydrogen-bond donors (Lipinski definition) is 0.